The van der Waals surface area contributed by atoms with E-state index in [0.717, 1.165) is 19.6 Å². The van der Waals surface area contributed by atoms with Gasteiger partial charge in [-0.2, -0.15) is 5.26 Å². The van der Waals surface area contributed by atoms with Gasteiger partial charge in [0.25, 0.3) is 0 Å². The molecule has 0 aliphatic carbocycles. The Balaban J connectivity index is 1.97. The lowest BCUT2D eigenvalue weighted by molar-refractivity contribution is 0.365. The topological polar surface area (TPSA) is 73.6 Å². The van der Waals surface area contributed by atoms with Gasteiger partial charge in [0.1, 0.15) is 23.8 Å². The number of nitrogens with zero attached hydrogens (tertiary/aromatic N) is 3. The largest absolute Gasteiger partial charge is 0.368 e. The zero-order valence-corrected chi connectivity index (χ0v) is 7.70. The molecule has 2 heterocycles. The fourth-order valence-corrected chi connectivity index (χ4v) is 1.29. The van der Waals surface area contributed by atoms with Gasteiger partial charge >= 0.3 is 0 Å². The lowest BCUT2D eigenvalue weighted by atomic mass is 10.0. The summed E-state index contributed by atoms with van der Waals surface area (Å²) in [5, 5.41) is 15.1. The third-order valence-corrected chi connectivity index (χ3v) is 2.26. The van der Waals surface area contributed by atoms with Crippen molar-refractivity contribution in [2.75, 3.05) is 25.0 Å². The molecule has 5 heteroatoms. The van der Waals surface area contributed by atoms with Crippen LogP contribution in [0.2, 0.25) is 0 Å². The van der Waals surface area contributed by atoms with Crippen molar-refractivity contribution in [1.29, 1.82) is 5.26 Å². The van der Waals surface area contributed by atoms with Crippen LogP contribution in [0.5, 0.6) is 0 Å². The summed E-state index contributed by atoms with van der Waals surface area (Å²) < 4.78 is 0. The highest BCUT2D eigenvalue weighted by atomic mass is 15.0. The summed E-state index contributed by atoms with van der Waals surface area (Å²) in [5.74, 6) is 1.28. The van der Waals surface area contributed by atoms with Crippen LogP contribution in [0.3, 0.4) is 0 Å². The SMILES string of the molecule is N#Cc1cncnc1NCC1CNC1. The van der Waals surface area contributed by atoms with E-state index in [1.165, 1.54) is 12.5 Å². The lowest BCUT2D eigenvalue weighted by Crippen LogP contribution is -2.45. The van der Waals surface area contributed by atoms with E-state index in [9.17, 15) is 0 Å². The first-order valence-corrected chi connectivity index (χ1v) is 4.55. The molecule has 2 N–H and O–H groups in total. The highest BCUT2D eigenvalue weighted by Gasteiger charge is 2.16. The van der Waals surface area contributed by atoms with Crippen LogP contribution < -0.4 is 10.6 Å². The van der Waals surface area contributed by atoms with Gasteiger partial charge in [0.2, 0.25) is 0 Å². The van der Waals surface area contributed by atoms with E-state index in [1.54, 1.807) is 0 Å². The first-order chi connectivity index (χ1) is 6.90. The van der Waals surface area contributed by atoms with E-state index >= 15 is 0 Å². The fraction of sp³-hybridized carbons (Fsp3) is 0.444. The summed E-state index contributed by atoms with van der Waals surface area (Å²) in [7, 11) is 0. The van der Waals surface area contributed by atoms with Gasteiger partial charge < -0.3 is 10.6 Å². The van der Waals surface area contributed by atoms with Crippen LogP contribution in [0.15, 0.2) is 12.5 Å². The van der Waals surface area contributed by atoms with E-state index in [0.29, 0.717) is 17.3 Å². The van der Waals surface area contributed by atoms with Crippen LogP contribution in [-0.2, 0) is 0 Å². The Morgan fingerprint density at radius 2 is 2.50 bits per heavy atom. The number of nitrogens with one attached hydrogen (secondary N) is 2. The molecule has 2 rings (SSSR count). The number of aromatic nitrogens is 2. The van der Waals surface area contributed by atoms with E-state index in [1.807, 2.05) is 0 Å². The Labute approximate surface area is 82.2 Å². The van der Waals surface area contributed by atoms with E-state index in [-0.39, 0.29) is 0 Å². The Morgan fingerprint density at radius 3 is 3.14 bits per heavy atom. The second-order valence-corrected chi connectivity index (χ2v) is 3.30. The first-order valence-electron chi connectivity index (χ1n) is 4.55. The van der Waals surface area contributed by atoms with Crippen LogP contribution in [0.1, 0.15) is 5.56 Å². The molecule has 72 valence electrons. The quantitative estimate of drug-likeness (QED) is 0.699. The van der Waals surface area contributed by atoms with Crippen molar-refractivity contribution in [3.05, 3.63) is 18.1 Å². The summed E-state index contributed by atoms with van der Waals surface area (Å²) in [5.41, 5.74) is 0.500. The third kappa shape index (κ3) is 1.80. The van der Waals surface area contributed by atoms with Crippen LogP contribution in [-0.4, -0.2) is 29.6 Å². The van der Waals surface area contributed by atoms with Gasteiger partial charge in [-0.25, -0.2) is 9.97 Å². The Bertz CT molecular complexity index is 352. The maximum absolute atomic E-state index is 8.77. The molecule has 1 aliphatic heterocycles. The van der Waals surface area contributed by atoms with Gasteiger partial charge in [0, 0.05) is 25.6 Å². The van der Waals surface area contributed by atoms with Crippen molar-refractivity contribution in [1.82, 2.24) is 15.3 Å². The molecule has 0 saturated carbocycles. The molecule has 0 atom stereocenters. The smallest absolute Gasteiger partial charge is 0.147 e. The Morgan fingerprint density at radius 1 is 1.64 bits per heavy atom. The summed E-state index contributed by atoms with van der Waals surface area (Å²) in [6.07, 6.45) is 2.97. The summed E-state index contributed by atoms with van der Waals surface area (Å²) in [6.45, 7) is 2.94. The molecule has 1 saturated heterocycles. The normalized spacial score (nSPS) is 15.6. The molecular formula is C9H11N5. The maximum atomic E-state index is 8.77. The number of hydrogen-bond acceptors (Lipinski definition) is 5. The Kier molecular flexibility index (Phi) is 2.56. The molecule has 1 aromatic rings. The van der Waals surface area contributed by atoms with E-state index in [2.05, 4.69) is 26.7 Å². The number of nitriles is 1. The van der Waals surface area contributed by atoms with Crippen LogP contribution in [0.4, 0.5) is 5.82 Å². The first kappa shape index (κ1) is 8.91. The van der Waals surface area contributed by atoms with Gasteiger partial charge in [-0.1, -0.05) is 0 Å². The molecule has 0 unspecified atom stereocenters. The van der Waals surface area contributed by atoms with Crippen molar-refractivity contribution in [3.63, 3.8) is 0 Å². The van der Waals surface area contributed by atoms with Crippen molar-refractivity contribution < 1.29 is 0 Å². The summed E-state index contributed by atoms with van der Waals surface area (Å²) in [6, 6.07) is 2.05. The molecule has 1 aliphatic rings. The highest BCUT2D eigenvalue weighted by molar-refractivity contribution is 5.49. The van der Waals surface area contributed by atoms with Gasteiger partial charge in [0.15, 0.2) is 0 Å². The Hall–Kier alpha value is -1.67. The zero-order chi connectivity index (χ0) is 9.80. The number of rotatable bonds is 3. The average Bonchev–Trinajstić information content (AvgIpc) is 2.16. The van der Waals surface area contributed by atoms with E-state index < -0.39 is 0 Å². The third-order valence-electron chi connectivity index (χ3n) is 2.26. The van der Waals surface area contributed by atoms with E-state index in [4.69, 9.17) is 5.26 Å². The predicted molar refractivity (Wildman–Crippen MR) is 51.6 cm³/mol. The predicted octanol–water partition coefficient (Wildman–Crippen LogP) is -0.0204. The molecule has 0 radical (unpaired) electrons. The maximum Gasteiger partial charge on any atom is 0.147 e. The van der Waals surface area contributed by atoms with Crippen LogP contribution in [0.25, 0.3) is 0 Å². The second-order valence-electron chi connectivity index (χ2n) is 3.30. The van der Waals surface area contributed by atoms with Crippen molar-refractivity contribution in [3.8, 4) is 6.07 Å². The minimum absolute atomic E-state index is 0.500. The van der Waals surface area contributed by atoms with Crippen molar-refractivity contribution in [2.24, 2.45) is 5.92 Å². The van der Waals surface area contributed by atoms with Gasteiger partial charge in [-0.15, -0.1) is 0 Å². The summed E-state index contributed by atoms with van der Waals surface area (Å²) in [4.78, 5) is 7.81. The minimum Gasteiger partial charge on any atom is -0.368 e. The van der Waals surface area contributed by atoms with Gasteiger partial charge in [-0.05, 0) is 0 Å². The van der Waals surface area contributed by atoms with Crippen molar-refractivity contribution in [2.45, 2.75) is 0 Å². The molecular weight excluding hydrogens is 178 g/mol. The molecule has 1 fully saturated rings. The monoisotopic (exact) mass is 189 g/mol. The zero-order valence-electron chi connectivity index (χ0n) is 7.70. The molecule has 1 aromatic heterocycles. The molecule has 14 heavy (non-hydrogen) atoms. The van der Waals surface area contributed by atoms with Crippen molar-refractivity contribution >= 4 is 5.82 Å². The molecule has 0 spiro atoms. The molecule has 0 bridgehead atoms. The molecule has 0 aromatic carbocycles. The van der Waals surface area contributed by atoms with Gasteiger partial charge in [-0.3, -0.25) is 0 Å². The fourth-order valence-electron chi connectivity index (χ4n) is 1.29. The average molecular weight is 189 g/mol. The number of anilines is 1. The molecule has 0 amide bonds. The van der Waals surface area contributed by atoms with Gasteiger partial charge in [0.05, 0.1) is 6.20 Å². The van der Waals surface area contributed by atoms with Crippen LogP contribution in [0, 0.1) is 17.2 Å². The standard InChI is InChI=1S/C9H11N5/c10-1-8-5-12-6-14-9(8)13-4-7-2-11-3-7/h5-7,11H,2-4H2,(H,12,13,14). The highest BCUT2D eigenvalue weighted by Crippen LogP contribution is 2.10. The number of hydrogen-bond donors (Lipinski definition) is 2. The lowest BCUT2D eigenvalue weighted by Gasteiger charge is -2.27. The molecule has 5 nitrogen and oxygen atoms in total. The summed E-state index contributed by atoms with van der Waals surface area (Å²) >= 11 is 0. The minimum atomic E-state index is 0.500. The van der Waals surface area contributed by atoms with Crippen LogP contribution >= 0.6 is 0 Å². The second kappa shape index (κ2) is 4.03.